The number of aliphatic hydroxyl groups is 4. The molecule has 0 aromatic heterocycles. The molecule has 37 heavy (non-hydrogen) atoms. The normalized spacial score (nSPS) is 26.5. The van der Waals surface area contributed by atoms with E-state index in [4.69, 9.17) is 0 Å². The maximum Gasteiger partial charge on any atom is 0.220 e. The maximum absolute atomic E-state index is 12.1. The van der Waals surface area contributed by atoms with Crippen LogP contribution < -0.4 is 10.6 Å². The first-order valence-electron chi connectivity index (χ1n) is 13.7. The van der Waals surface area contributed by atoms with Gasteiger partial charge in [-0.2, -0.15) is 0 Å². The standard InChI is InChI=1S/C25H47N5O6S/c1-3-5-7-9-19(31)26-11-14-29(15-12-27-20(32)10-8-6-4-2)16-13-28-25-30-18(17-37-25)21(33)22(34)23(35)24(30)36/h18,21-24,33-36H,3-17H2,1-2H3,(H,26,31)(H,27,32)/t18-,21-,22+,23-,24-/m1/s1. The summed E-state index contributed by atoms with van der Waals surface area (Å²) in [6.45, 7) is 7.42. The number of hydrogen-bond donors (Lipinski definition) is 6. The van der Waals surface area contributed by atoms with E-state index in [0.29, 0.717) is 63.0 Å². The van der Waals surface area contributed by atoms with Crippen molar-refractivity contribution in [2.24, 2.45) is 4.99 Å². The highest BCUT2D eigenvalue weighted by atomic mass is 32.2. The highest BCUT2D eigenvalue weighted by molar-refractivity contribution is 8.14. The number of piperidine rings is 1. The molecule has 2 amide bonds. The minimum Gasteiger partial charge on any atom is -0.388 e. The van der Waals surface area contributed by atoms with Crippen LogP contribution in [0.5, 0.6) is 0 Å². The molecule has 0 bridgehead atoms. The topological polar surface area (TPSA) is 158 Å². The fourth-order valence-corrected chi connectivity index (χ4v) is 5.76. The van der Waals surface area contributed by atoms with Gasteiger partial charge in [0.25, 0.3) is 0 Å². The molecular formula is C25H47N5O6S. The number of carbonyl (C=O) groups excluding carboxylic acids is 2. The number of rotatable bonds is 17. The number of carbonyl (C=O) groups is 2. The van der Waals surface area contributed by atoms with Crippen molar-refractivity contribution in [3.05, 3.63) is 0 Å². The van der Waals surface area contributed by atoms with Crippen LogP contribution in [-0.4, -0.2) is 123 Å². The van der Waals surface area contributed by atoms with Crippen molar-refractivity contribution in [2.45, 2.75) is 95.8 Å². The lowest BCUT2D eigenvalue weighted by molar-refractivity contribution is -0.190. The van der Waals surface area contributed by atoms with Gasteiger partial charge >= 0.3 is 0 Å². The molecule has 12 heteroatoms. The number of thioether (sulfide) groups is 1. The second-order valence-electron chi connectivity index (χ2n) is 9.79. The van der Waals surface area contributed by atoms with E-state index in [1.165, 1.54) is 16.7 Å². The Kier molecular flexibility index (Phi) is 14.8. The van der Waals surface area contributed by atoms with Gasteiger partial charge < -0.3 is 36.0 Å². The summed E-state index contributed by atoms with van der Waals surface area (Å²) >= 11 is 1.37. The molecule has 5 atom stereocenters. The monoisotopic (exact) mass is 545 g/mol. The third-order valence-corrected chi connectivity index (χ3v) is 7.93. The summed E-state index contributed by atoms with van der Waals surface area (Å²) in [7, 11) is 0. The van der Waals surface area contributed by atoms with Gasteiger partial charge in [0.05, 0.1) is 12.6 Å². The molecule has 11 nitrogen and oxygen atoms in total. The van der Waals surface area contributed by atoms with Crippen LogP contribution in [0.15, 0.2) is 4.99 Å². The molecule has 2 saturated heterocycles. The fraction of sp³-hybridized carbons (Fsp3) is 0.880. The summed E-state index contributed by atoms with van der Waals surface area (Å²) in [4.78, 5) is 32.3. The van der Waals surface area contributed by atoms with E-state index in [9.17, 15) is 30.0 Å². The first-order chi connectivity index (χ1) is 17.8. The van der Waals surface area contributed by atoms with Crippen molar-refractivity contribution >= 4 is 28.7 Å². The van der Waals surface area contributed by atoms with Crippen molar-refractivity contribution in [3.8, 4) is 0 Å². The lowest BCUT2D eigenvalue weighted by atomic mass is 9.94. The number of amidine groups is 1. The zero-order valence-electron chi connectivity index (χ0n) is 22.3. The average molecular weight is 546 g/mol. The molecule has 6 N–H and O–H groups in total. The van der Waals surface area contributed by atoms with E-state index >= 15 is 0 Å². The average Bonchev–Trinajstić information content (AvgIpc) is 3.30. The molecule has 0 aromatic rings. The lowest BCUT2D eigenvalue weighted by Crippen LogP contribution is -2.65. The molecule has 0 saturated carbocycles. The van der Waals surface area contributed by atoms with Gasteiger partial charge in [-0.15, -0.1) is 0 Å². The smallest absolute Gasteiger partial charge is 0.220 e. The zero-order chi connectivity index (χ0) is 27.2. The van der Waals surface area contributed by atoms with Gasteiger partial charge in [-0.05, 0) is 12.8 Å². The van der Waals surface area contributed by atoms with Crippen LogP contribution in [0.25, 0.3) is 0 Å². The van der Waals surface area contributed by atoms with Crippen LogP contribution in [0.2, 0.25) is 0 Å². The third-order valence-electron chi connectivity index (χ3n) is 6.82. The highest BCUT2D eigenvalue weighted by Crippen LogP contribution is 2.34. The number of hydrogen-bond acceptors (Lipinski definition) is 9. The van der Waals surface area contributed by atoms with Crippen molar-refractivity contribution in [3.63, 3.8) is 0 Å². The van der Waals surface area contributed by atoms with Crippen LogP contribution in [-0.2, 0) is 9.59 Å². The number of unbranched alkanes of at least 4 members (excludes halogenated alkanes) is 4. The molecule has 0 unspecified atom stereocenters. The number of nitrogens with one attached hydrogen (secondary N) is 2. The van der Waals surface area contributed by atoms with Crippen LogP contribution >= 0.6 is 11.8 Å². The molecule has 0 aliphatic carbocycles. The van der Waals surface area contributed by atoms with Gasteiger partial charge in [0.2, 0.25) is 11.8 Å². The Balaban J connectivity index is 1.87. The SMILES string of the molecule is CCCCCC(=O)NCCN(CCN=C1SC[C@@H]2[C@@H](O)[C@H](O)[C@@H](O)[C@@H](O)N12)CCNC(=O)CCCCC. The summed E-state index contributed by atoms with van der Waals surface area (Å²) in [6.07, 6.45) is 1.65. The number of aliphatic imine (C=N–C) groups is 1. The van der Waals surface area contributed by atoms with Crippen molar-refractivity contribution < 1.29 is 30.0 Å². The van der Waals surface area contributed by atoms with Gasteiger partial charge in [0, 0.05) is 51.3 Å². The van der Waals surface area contributed by atoms with E-state index in [2.05, 4.69) is 34.4 Å². The number of aliphatic hydroxyl groups excluding tert-OH is 4. The molecule has 2 rings (SSSR count). The number of fused-ring (bicyclic) bond motifs is 1. The number of nitrogens with zero attached hydrogens (tertiary/aromatic N) is 3. The van der Waals surface area contributed by atoms with E-state index < -0.39 is 30.6 Å². The Morgan fingerprint density at radius 3 is 2.00 bits per heavy atom. The molecule has 0 spiro atoms. The molecule has 2 aliphatic heterocycles. The van der Waals surface area contributed by atoms with Crippen molar-refractivity contribution in [1.82, 2.24) is 20.4 Å². The van der Waals surface area contributed by atoms with Crippen LogP contribution in [0, 0.1) is 0 Å². The van der Waals surface area contributed by atoms with Crippen LogP contribution in [0.4, 0.5) is 0 Å². The molecular weight excluding hydrogens is 498 g/mol. The summed E-state index contributed by atoms with van der Waals surface area (Å²) in [5, 5.41) is 47.2. The summed E-state index contributed by atoms with van der Waals surface area (Å²) in [5.41, 5.74) is 0. The Morgan fingerprint density at radius 2 is 1.46 bits per heavy atom. The van der Waals surface area contributed by atoms with Gasteiger partial charge in [-0.3, -0.25) is 19.5 Å². The lowest BCUT2D eigenvalue weighted by Gasteiger charge is -2.44. The Hall–Kier alpha value is -1.44. The maximum atomic E-state index is 12.1. The van der Waals surface area contributed by atoms with E-state index in [1.54, 1.807) is 0 Å². The van der Waals surface area contributed by atoms with E-state index in [-0.39, 0.29) is 11.8 Å². The first kappa shape index (κ1) is 31.8. The van der Waals surface area contributed by atoms with Crippen molar-refractivity contribution in [2.75, 3.05) is 45.0 Å². The predicted molar refractivity (Wildman–Crippen MR) is 145 cm³/mol. The highest BCUT2D eigenvalue weighted by Gasteiger charge is 2.51. The summed E-state index contributed by atoms with van der Waals surface area (Å²) in [5.74, 6) is 0.549. The third kappa shape index (κ3) is 10.3. The minimum absolute atomic E-state index is 0.0460. The number of amides is 2. The predicted octanol–water partition coefficient (Wildman–Crippen LogP) is -0.130. The quantitative estimate of drug-likeness (QED) is 0.137. The second-order valence-corrected chi connectivity index (χ2v) is 10.8. The molecule has 0 aromatic carbocycles. The van der Waals surface area contributed by atoms with Gasteiger partial charge in [-0.25, -0.2) is 0 Å². The van der Waals surface area contributed by atoms with Gasteiger partial charge in [-0.1, -0.05) is 51.3 Å². The molecule has 0 radical (unpaired) electrons. The van der Waals surface area contributed by atoms with Gasteiger partial charge in [0.15, 0.2) is 11.4 Å². The van der Waals surface area contributed by atoms with Crippen molar-refractivity contribution in [1.29, 1.82) is 0 Å². The zero-order valence-corrected chi connectivity index (χ0v) is 23.2. The largest absolute Gasteiger partial charge is 0.388 e. The second kappa shape index (κ2) is 17.2. The molecule has 214 valence electrons. The Morgan fingerprint density at radius 1 is 0.892 bits per heavy atom. The minimum atomic E-state index is -1.48. The molecule has 2 heterocycles. The first-order valence-corrected chi connectivity index (χ1v) is 14.7. The van der Waals surface area contributed by atoms with E-state index in [1.807, 2.05) is 0 Å². The van der Waals surface area contributed by atoms with E-state index in [0.717, 1.165) is 38.5 Å². The Labute approximate surface area is 225 Å². The summed E-state index contributed by atoms with van der Waals surface area (Å²) < 4.78 is 0. The molecule has 2 fully saturated rings. The van der Waals surface area contributed by atoms with Gasteiger partial charge in [0.1, 0.15) is 18.3 Å². The van der Waals surface area contributed by atoms with Crippen LogP contribution in [0.3, 0.4) is 0 Å². The summed E-state index contributed by atoms with van der Waals surface area (Å²) in [6, 6.07) is -0.515. The Bertz CT molecular complexity index is 702. The fourth-order valence-electron chi connectivity index (χ4n) is 4.50. The van der Waals surface area contributed by atoms with Crippen LogP contribution in [0.1, 0.15) is 65.2 Å². The molecule has 2 aliphatic rings.